The average Bonchev–Trinajstić information content (AvgIpc) is 3.13. The zero-order valence-electron chi connectivity index (χ0n) is 9.69. The molecule has 3 nitrogen and oxygen atoms in total. The summed E-state index contributed by atoms with van der Waals surface area (Å²) >= 11 is 6.26. The number of rotatable bonds is 5. The number of alkyl halides is 1. The van der Waals surface area contributed by atoms with E-state index >= 15 is 0 Å². The van der Waals surface area contributed by atoms with Crippen molar-refractivity contribution < 1.29 is 8.42 Å². The first-order valence-corrected chi connectivity index (χ1v) is 7.62. The molecule has 0 saturated heterocycles. The maximum absolute atomic E-state index is 11.8. The molecule has 1 aromatic rings. The summed E-state index contributed by atoms with van der Waals surface area (Å²) < 4.78 is 26.0. The Kier molecular flexibility index (Phi) is 3.76. The Morgan fingerprint density at radius 1 is 1.41 bits per heavy atom. The Balaban J connectivity index is 2.27. The minimum absolute atomic E-state index is 0.0446. The number of halogens is 1. The summed E-state index contributed by atoms with van der Waals surface area (Å²) in [6.07, 6.45) is 2.94. The Morgan fingerprint density at radius 2 is 2.06 bits per heavy atom. The normalized spacial score (nSPS) is 18.0. The van der Waals surface area contributed by atoms with E-state index in [0.29, 0.717) is 17.2 Å². The van der Waals surface area contributed by atoms with Crippen LogP contribution in [0, 0.1) is 5.92 Å². The van der Waals surface area contributed by atoms with Crippen LogP contribution in [0.1, 0.15) is 18.4 Å². The van der Waals surface area contributed by atoms with Gasteiger partial charge in [0, 0.05) is 5.38 Å². The van der Waals surface area contributed by atoms with Crippen LogP contribution in [0.5, 0.6) is 0 Å². The molecule has 0 amide bonds. The van der Waals surface area contributed by atoms with Gasteiger partial charge in [-0.2, -0.15) is 0 Å². The smallest absolute Gasteiger partial charge is 0.214 e. The van der Waals surface area contributed by atoms with E-state index in [9.17, 15) is 8.42 Å². The third-order valence-corrected chi connectivity index (χ3v) is 5.10. The van der Waals surface area contributed by atoms with Gasteiger partial charge in [-0.05, 0) is 43.9 Å². The van der Waals surface area contributed by atoms with E-state index in [1.165, 1.54) is 7.05 Å². The Labute approximate surface area is 107 Å². The quantitative estimate of drug-likeness (QED) is 0.836. The molecule has 0 heterocycles. The highest BCUT2D eigenvalue weighted by Gasteiger charge is 2.30. The van der Waals surface area contributed by atoms with E-state index in [1.807, 2.05) is 12.1 Å². The minimum Gasteiger partial charge on any atom is -0.214 e. The molecule has 2 rings (SSSR count). The Morgan fingerprint density at radius 3 is 2.65 bits per heavy atom. The van der Waals surface area contributed by atoms with Gasteiger partial charge >= 0.3 is 0 Å². The molecule has 5 heteroatoms. The Hall–Kier alpha value is -0.580. The SMILES string of the molecule is CNS(=O)(=O)c1ccccc1CC(Cl)C1CC1. The topological polar surface area (TPSA) is 46.2 Å². The fraction of sp³-hybridized carbons (Fsp3) is 0.500. The zero-order valence-corrected chi connectivity index (χ0v) is 11.3. The molecule has 0 spiro atoms. The summed E-state index contributed by atoms with van der Waals surface area (Å²) in [5, 5.41) is 0.0446. The molecule has 0 aromatic heterocycles. The van der Waals surface area contributed by atoms with Gasteiger partial charge < -0.3 is 0 Å². The fourth-order valence-electron chi connectivity index (χ4n) is 1.88. The zero-order chi connectivity index (χ0) is 12.5. The number of hydrogen-bond donors (Lipinski definition) is 1. The largest absolute Gasteiger partial charge is 0.240 e. The van der Waals surface area contributed by atoms with Crippen LogP contribution in [0.3, 0.4) is 0 Å². The highest BCUT2D eigenvalue weighted by molar-refractivity contribution is 7.89. The summed E-state index contributed by atoms with van der Waals surface area (Å²) in [7, 11) is -1.97. The molecule has 0 radical (unpaired) electrons. The van der Waals surface area contributed by atoms with E-state index in [0.717, 1.165) is 18.4 Å². The maximum atomic E-state index is 11.8. The van der Waals surface area contributed by atoms with Crippen molar-refractivity contribution in [2.75, 3.05) is 7.05 Å². The summed E-state index contributed by atoms with van der Waals surface area (Å²) in [6.45, 7) is 0. The third-order valence-electron chi connectivity index (χ3n) is 3.08. The molecule has 1 aliphatic carbocycles. The van der Waals surface area contributed by atoms with Crippen LogP contribution in [0.25, 0.3) is 0 Å². The van der Waals surface area contributed by atoms with Crippen molar-refractivity contribution in [3.8, 4) is 0 Å². The van der Waals surface area contributed by atoms with Crippen LogP contribution < -0.4 is 4.72 Å². The van der Waals surface area contributed by atoms with Gasteiger partial charge in [-0.3, -0.25) is 0 Å². The first-order chi connectivity index (χ1) is 8.04. The van der Waals surface area contributed by atoms with Gasteiger partial charge in [0.15, 0.2) is 0 Å². The van der Waals surface area contributed by atoms with Gasteiger partial charge in [-0.1, -0.05) is 18.2 Å². The molecular weight excluding hydrogens is 258 g/mol. The lowest BCUT2D eigenvalue weighted by atomic mass is 10.1. The Bertz CT molecular complexity index is 497. The molecule has 1 unspecified atom stereocenters. The fourth-order valence-corrected chi connectivity index (χ4v) is 3.27. The lowest BCUT2D eigenvalue weighted by Gasteiger charge is -2.12. The molecule has 1 N–H and O–H groups in total. The van der Waals surface area contributed by atoms with Crippen molar-refractivity contribution >= 4 is 21.6 Å². The maximum Gasteiger partial charge on any atom is 0.240 e. The van der Waals surface area contributed by atoms with E-state index < -0.39 is 10.0 Å². The molecule has 17 heavy (non-hydrogen) atoms. The second-order valence-electron chi connectivity index (χ2n) is 4.37. The number of sulfonamides is 1. The van der Waals surface area contributed by atoms with Crippen molar-refractivity contribution in [2.24, 2.45) is 5.92 Å². The molecule has 1 aromatic carbocycles. The van der Waals surface area contributed by atoms with Gasteiger partial charge in [0.2, 0.25) is 10.0 Å². The van der Waals surface area contributed by atoms with Crippen LogP contribution in [0.15, 0.2) is 29.2 Å². The van der Waals surface area contributed by atoms with Crippen LogP contribution in [-0.2, 0) is 16.4 Å². The molecule has 1 saturated carbocycles. The lowest BCUT2D eigenvalue weighted by Crippen LogP contribution is -2.21. The predicted octanol–water partition coefficient (Wildman–Crippen LogP) is 2.15. The molecule has 94 valence electrons. The molecule has 1 atom stereocenters. The predicted molar refractivity (Wildman–Crippen MR) is 68.8 cm³/mol. The molecule has 1 aliphatic rings. The number of nitrogens with one attached hydrogen (secondary N) is 1. The van der Waals surface area contributed by atoms with Crippen molar-refractivity contribution in [1.29, 1.82) is 0 Å². The highest BCUT2D eigenvalue weighted by atomic mass is 35.5. The lowest BCUT2D eigenvalue weighted by molar-refractivity contribution is 0.586. The molecule has 0 bridgehead atoms. The van der Waals surface area contributed by atoms with Gasteiger partial charge in [0.1, 0.15) is 0 Å². The summed E-state index contributed by atoms with van der Waals surface area (Å²) in [5.41, 5.74) is 0.800. The summed E-state index contributed by atoms with van der Waals surface area (Å²) in [4.78, 5) is 0.341. The second-order valence-corrected chi connectivity index (χ2v) is 6.79. The van der Waals surface area contributed by atoms with Gasteiger partial charge in [-0.15, -0.1) is 11.6 Å². The van der Waals surface area contributed by atoms with Crippen molar-refractivity contribution in [3.05, 3.63) is 29.8 Å². The van der Waals surface area contributed by atoms with Gasteiger partial charge in [-0.25, -0.2) is 13.1 Å². The first kappa shape index (κ1) is 12.9. The summed E-state index contributed by atoms with van der Waals surface area (Å²) in [6, 6.07) is 7.04. The van der Waals surface area contributed by atoms with Crippen molar-refractivity contribution in [3.63, 3.8) is 0 Å². The highest BCUT2D eigenvalue weighted by Crippen LogP contribution is 2.37. The van der Waals surface area contributed by atoms with Crippen molar-refractivity contribution in [2.45, 2.75) is 29.5 Å². The van der Waals surface area contributed by atoms with Crippen LogP contribution >= 0.6 is 11.6 Å². The van der Waals surface area contributed by atoms with Crippen LogP contribution in [0.2, 0.25) is 0 Å². The van der Waals surface area contributed by atoms with Crippen LogP contribution in [0.4, 0.5) is 0 Å². The van der Waals surface area contributed by atoms with Gasteiger partial charge in [0.05, 0.1) is 4.90 Å². The van der Waals surface area contributed by atoms with E-state index in [4.69, 9.17) is 11.6 Å². The number of hydrogen-bond acceptors (Lipinski definition) is 2. The monoisotopic (exact) mass is 273 g/mol. The summed E-state index contributed by atoms with van der Waals surface area (Å²) in [5.74, 6) is 0.557. The van der Waals surface area contributed by atoms with E-state index in [1.54, 1.807) is 12.1 Å². The minimum atomic E-state index is -3.39. The van der Waals surface area contributed by atoms with E-state index in [2.05, 4.69) is 4.72 Å². The van der Waals surface area contributed by atoms with Crippen LogP contribution in [-0.4, -0.2) is 20.8 Å². The third kappa shape index (κ3) is 3.00. The standard InChI is InChI=1S/C12H16ClNO2S/c1-14-17(15,16)12-5-3-2-4-10(12)8-11(13)9-6-7-9/h2-5,9,11,14H,6-8H2,1H3. The average molecular weight is 274 g/mol. The molecule has 1 fully saturated rings. The van der Waals surface area contributed by atoms with E-state index in [-0.39, 0.29) is 5.38 Å². The molecular formula is C12H16ClNO2S. The van der Waals surface area contributed by atoms with Gasteiger partial charge in [0.25, 0.3) is 0 Å². The first-order valence-electron chi connectivity index (χ1n) is 5.70. The van der Waals surface area contributed by atoms with Crippen molar-refractivity contribution in [1.82, 2.24) is 4.72 Å². The number of benzene rings is 1. The molecule has 0 aliphatic heterocycles. The second kappa shape index (κ2) is 4.96.